The highest BCUT2D eigenvalue weighted by Crippen LogP contribution is 2.34. The summed E-state index contributed by atoms with van der Waals surface area (Å²) >= 11 is 0. The van der Waals surface area contributed by atoms with Crippen LogP contribution in [0.5, 0.6) is 0 Å². The van der Waals surface area contributed by atoms with Gasteiger partial charge in [0.1, 0.15) is 0 Å². The van der Waals surface area contributed by atoms with Crippen LogP contribution in [0.25, 0.3) is 0 Å². The Morgan fingerprint density at radius 3 is 2.57 bits per heavy atom. The molecule has 1 fully saturated rings. The average Bonchev–Trinajstić information content (AvgIpc) is 2.36. The van der Waals surface area contributed by atoms with Gasteiger partial charge in [0.25, 0.3) is 0 Å². The lowest BCUT2D eigenvalue weighted by Gasteiger charge is -2.34. The van der Waals surface area contributed by atoms with Gasteiger partial charge in [-0.2, -0.15) is 13.2 Å². The number of urea groups is 1. The topological polar surface area (TPSA) is 52.6 Å². The molecule has 1 aliphatic rings. The Morgan fingerprint density at radius 1 is 1.38 bits per heavy atom. The van der Waals surface area contributed by atoms with E-state index in [4.69, 9.17) is 0 Å². The molecule has 0 atom stereocenters. The molecule has 0 unspecified atom stereocenters. The number of alkyl halides is 3. The van der Waals surface area contributed by atoms with Crippen LogP contribution in [0.4, 0.5) is 23.7 Å². The molecule has 1 aromatic rings. The molecule has 116 valence electrons. The number of benzene rings is 1. The summed E-state index contributed by atoms with van der Waals surface area (Å²) in [6, 6.07) is 4.28. The van der Waals surface area contributed by atoms with Crippen LogP contribution in [0.15, 0.2) is 24.3 Å². The summed E-state index contributed by atoms with van der Waals surface area (Å²) in [6.07, 6.45) is -3.59. The molecule has 0 aliphatic heterocycles. The van der Waals surface area contributed by atoms with Crippen LogP contribution in [-0.2, 0) is 6.18 Å². The van der Waals surface area contributed by atoms with Crippen LogP contribution in [0, 0.1) is 5.92 Å². The number of aliphatic hydroxyl groups is 1. The van der Waals surface area contributed by atoms with Crippen molar-refractivity contribution in [2.75, 3.05) is 18.9 Å². The standard InChI is InChI=1S/C14H17F3N2O2/c1-19(8-9-6-10(20)7-9)13(21)18-12-5-3-2-4-11(12)14(15,16)17/h2-5,9-10,20H,6-8H2,1H3,(H,18,21). The van der Waals surface area contributed by atoms with Crippen molar-refractivity contribution in [1.29, 1.82) is 0 Å². The number of hydrogen-bond donors (Lipinski definition) is 2. The third kappa shape index (κ3) is 3.87. The number of para-hydroxylation sites is 1. The summed E-state index contributed by atoms with van der Waals surface area (Å²) in [6.45, 7) is 0.414. The van der Waals surface area contributed by atoms with Crippen LogP contribution in [-0.4, -0.2) is 35.7 Å². The summed E-state index contributed by atoms with van der Waals surface area (Å²) in [5.74, 6) is 0.202. The monoisotopic (exact) mass is 302 g/mol. The number of nitrogens with one attached hydrogen (secondary N) is 1. The first-order valence-electron chi connectivity index (χ1n) is 6.63. The molecule has 1 saturated carbocycles. The first-order valence-corrected chi connectivity index (χ1v) is 6.63. The molecule has 21 heavy (non-hydrogen) atoms. The predicted octanol–water partition coefficient (Wildman–Crippen LogP) is 2.94. The number of nitrogens with zero attached hydrogens (tertiary/aromatic N) is 1. The maximum Gasteiger partial charge on any atom is 0.418 e. The maximum atomic E-state index is 12.8. The van der Waals surface area contributed by atoms with Gasteiger partial charge in [-0.25, -0.2) is 4.79 Å². The van der Waals surface area contributed by atoms with Gasteiger partial charge in [-0.15, -0.1) is 0 Å². The van der Waals surface area contributed by atoms with Crippen LogP contribution >= 0.6 is 0 Å². The Morgan fingerprint density at radius 2 is 2.00 bits per heavy atom. The molecule has 0 radical (unpaired) electrons. The Labute approximate surface area is 120 Å². The molecule has 4 nitrogen and oxygen atoms in total. The van der Waals surface area contributed by atoms with Gasteiger partial charge in [0.2, 0.25) is 0 Å². The van der Waals surface area contributed by atoms with E-state index in [-0.39, 0.29) is 17.7 Å². The number of carbonyl (C=O) groups is 1. The number of anilines is 1. The molecule has 0 saturated heterocycles. The zero-order chi connectivity index (χ0) is 15.6. The number of amides is 2. The number of halogens is 3. The van der Waals surface area contributed by atoms with E-state index in [1.165, 1.54) is 30.1 Å². The fourth-order valence-corrected chi connectivity index (χ4v) is 2.37. The third-order valence-electron chi connectivity index (χ3n) is 3.56. The fraction of sp³-hybridized carbons (Fsp3) is 0.500. The van der Waals surface area contributed by atoms with Crippen molar-refractivity contribution < 1.29 is 23.1 Å². The minimum absolute atomic E-state index is 0.202. The van der Waals surface area contributed by atoms with E-state index in [1.807, 2.05) is 0 Å². The van der Waals surface area contributed by atoms with Gasteiger partial charge in [-0.3, -0.25) is 0 Å². The Bertz CT molecular complexity index is 513. The second kappa shape index (κ2) is 5.93. The van der Waals surface area contributed by atoms with E-state index in [0.717, 1.165) is 6.07 Å². The number of rotatable bonds is 3. The Hall–Kier alpha value is -1.76. The minimum atomic E-state index is -4.51. The van der Waals surface area contributed by atoms with Crippen LogP contribution in [0.3, 0.4) is 0 Å². The highest BCUT2D eigenvalue weighted by atomic mass is 19.4. The van der Waals surface area contributed by atoms with Crippen molar-refractivity contribution in [3.63, 3.8) is 0 Å². The second-order valence-electron chi connectivity index (χ2n) is 5.35. The van der Waals surface area contributed by atoms with Crippen LogP contribution in [0.1, 0.15) is 18.4 Å². The van der Waals surface area contributed by atoms with E-state index in [0.29, 0.717) is 19.4 Å². The molecule has 2 rings (SSSR count). The number of hydrogen-bond acceptors (Lipinski definition) is 2. The van der Waals surface area contributed by atoms with E-state index in [9.17, 15) is 23.1 Å². The number of aliphatic hydroxyl groups excluding tert-OH is 1. The summed E-state index contributed by atoms with van der Waals surface area (Å²) in [5.41, 5.74) is -1.12. The Kier molecular flexibility index (Phi) is 4.41. The Balaban J connectivity index is 1.99. The van der Waals surface area contributed by atoms with Gasteiger partial charge in [-0.1, -0.05) is 12.1 Å². The smallest absolute Gasteiger partial charge is 0.393 e. The zero-order valence-corrected chi connectivity index (χ0v) is 11.5. The van der Waals surface area contributed by atoms with Crippen molar-refractivity contribution in [3.05, 3.63) is 29.8 Å². The molecule has 1 aliphatic carbocycles. The molecular weight excluding hydrogens is 285 g/mol. The van der Waals surface area contributed by atoms with Gasteiger partial charge < -0.3 is 15.3 Å². The van der Waals surface area contributed by atoms with E-state index in [2.05, 4.69) is 5.32 Å². The van der Waals surface area contributed by atoms with Crippen molar-refractivity contribution in [2.45, 2.75) is 25.1 Å². The highest BCUT2D eigenvalue weighted by molar-refractivity contribution is 5.90. The molecular formula is C14H17F3N2O2. The van der Waals surface area contributed by atoms with Crippen molar-refractivity contribution in [1.82, 2.24) is 4.90 Å². The summed E-state index contributed by atoms with van der Waals surface area (Å²) in [4.78, 5) is 13.3. The lowest BCUT2D eigenvalue weighted by molar-refractivity contribution is -0.136. The third-order valence-corrected chi connectivity index (χ3v) is 3.56. The second-order valence-corrected chi connectivity index (χ2v) is 5.35. The first-order chi connectivity index (χ1) is 9.77. The molecule has 7 heteroatoms. The average molecular weight is 302 g/mol. The van der Waals surface area contributed by atoms with Crippen molar-refractivity contribution >= 4 is 11.7 Å². The molecule has 0 bridgehead atoms. The van der Waals surface area contributed by atoms with Gasteiger partial charge >= 0.3 is 12.2 Å². The molecule has 2 amide bonds. The lowest BCUT2D eigenvalue weighted by Crippen LogP contribution is -2.41. The normalized spacial score (nSPS) is 21.6. The fourth-order valence-electron chi connectivity index (χ4n) is 2.37. The van der Waals surface area contributed by atoms with E-state index in [1.54, 1.807) is 0 Å². The SMILES string of the molecule is CN(CC1CC(O)C1)C(=O)Nc1ccccc1C(F)(F)F. The van der Waals surface area contributed by atoms with E-state index < -0.39 is 17.8 Å². The van der Waals surface area contributed by atoms with Gasteiger partial charge in [0, 0.05) is 13.6 Å². The van der Waals surface area contributed by atoms with Gasteiger partial charge in [0.15, 0.2) is 0 Å². The van der Waals surface area contributed by atoms with Gasteiger partial charge in [-0.05, 0) is 30.9 Å². The van der Waals surface area contributed by atoms with Crippen molar-refractivity contribution in [2.24, 2.45) is 5.92 Å². The van der Waals surface area contributed by atoms with Gasteiger partial charge in [0.05, 0.1) is 17.4 Å². The minimum Gasteiger partial charge on any atom is -0.393 e. The predicted molar refractivity (Wildman–Crippen MR) is 71.8 cm³/mol. The molecule has 0 spiro atoms. The quantitative estimate of drug-likeness (QED) is 0.902. The first kappa shape index (κ1) is 15.6. The summed E-state index contributed by atoms with van der Waals surface area (Å²) in [5, 5.41) is 11.5. The van der Waals surface area contributed by atoms with Crippen molar-refractivity contribution in [3.8, 4) is 0 Å². The van der Waals surface area contributed by atoms with E-state index >= 15 is 0 Å². The maximum absolute atomic E-state index is 12.8. The molecule has 2 N–H and O–H groups in total. The number of carbonyl (C=O) groups excluding carboxylic acids is 1. The lowest BCUT2D eigenvalue weighted by atomic mass is 9.82. The van der Waals surface area contributed by atoms with Crippen LogP contribution < -0.4 is 5.32 Å². The molecule has 0 heterocycles. The molecule has 1 aromatic carbocycles. The van der Waals surface area contributed by atoms with Crippen LogP contribution in [0.2, 0.25) is 0 Å². The summed E-state index contributed by atoms with van der Waals surface area (Å²) in [7, 11) is 1.52. The zero-order valence-electron chi connectivity index (χ0n) is 11.5. The largest absolute Gasteiger partial charge is 0.418 e. The highest BCUT2D eigenvalue weighted by Gasteiger charge is 2.34. The summed E-state index contributed by atoms with van der Waals surface area (Å²) < 4.78 is 38.5. The molecule has 0 aromatic heterocycles.